The molecule has 29 nitrogen and oxygen atoms in total. The summed E-state index contributed by atoms with van der Waals surface area (Å²) >= 11 is 0. The third-order valence-corrected chi connectivity index (χ3v) is 12.5. The van der Waals surface area contributed by atoms with E-state index in [0.717, 1.165) is 40.3 Å². The number of carboxylic acid groups (broad SMARTS) is 2. The number of nitrogens with two attached hydrogens (primary N) is 2. The minimum Gasteiger partial charge on any atom is -0.846 e. The van der Waals surface area contributed by atoms with Crippen molar-refractivity contribution in [2.24, 2.45) is 35.7 Å². The Balaban J connectivity index is 0.00000361. The second-order valence-electron chi connectivity index (χ2n) is 16.1. The van der Waals surface area contributed by atoms with Gasteiger partial charge in [0, 0.05) is 28.2 Å². The fourth-order valence-corrected chi connectivity index (χ4v) is 8.48. The van der Waals surface area contributed by atoms with Gasteiger partial charge in [-0.25, -0.2) is 13.4 Å². The summed E-state index contributed by atoms with van der Waals surface area (Å²) in [5.74, 6) is -7.17. The maximum absolute atomic E-state index is 13.2. The molecule has 0 bridgehead atoms. The number of carboxylic acids is 2. The SMILES string of the molecule is Nc1cccc(N2N=C(C(=O)[O-])C(N=Nc3ccc(C(=O)Nc4ccc(N=C([O-])Nc5ccc(NC(=O)c6ccc(N=NC7C(=O)N(c8cccc(N)c8)N=C7C(=O)[O-])cc6)c(S(=O)(=O)O)c5)cc4S(=O)(=O)[O-])cc3)C2=O)c1.[Na+].[Na+].[Na+].[Na+]. The molecular formula is C47H32N14Na4O15S2. The number of nitrogens with one attached hydrogen (secondary N) is 3. The van der Waals surface area contributed by atoms with Gasteiger partial charge in [0.25, 0.3) is 33.7 Å². The summed E-state index contributed by atoms with van der Waals surface area (Å²) in [5, 5.41) is 67.8. The van der Waals surface area contributed by atoms with E-state index in [0.29, 0.717) is 6.07 Å². The monoisotopic (exact) mass is 1190 g/mol. The first-order valence-electron chi connectivity index (χ1n) is 21.8. The van der Waals surface area contributed by atoms with Crippen LogP contribution in [0.1, 0.15) is 20.7 Å². The number of hydrogen-bond acceptors (Lipinski definition) is 23. The van der Waals surface area contributed by atoms with E-state index in [1.807, 2.05) is 0 Å². The van der Waals surface area contributed by atoms with E-state index in [9.17, 15) is 70.0 Å². The van der Waals surface area contributed by atoms with Crippen LogP contribution in [0.4, 0.5) is 56.9 Å². The van der Waals surface area contributed by atoms with Crippen LogP contribution in [0.5, 0.6) is 0 Å². The van der Waals surface area contributed by atoms with Gasteiger partial charge in [0.15, 0.2) is 12.1 Å². The summed E-state index contributed by atoms with van der Waals surface area (Å²) < 4.78 is 71.9. The van der Waals surface area contributed by atoms with Gasteiger partial charge in [0.1, 0.15) is 26.4 Å². The van der Waals surface area contributed by atoms with Gasteiger partial charge in [0.05, 0.1) is 62.7 Å². The fourth-order valence-electron chi connectivity index (χ4n) is 7.16. The molecule has 0 aliphatic carbocycles. The normalized spacial score (nSPS) is 15.1. The van der Waals surface area contributed by atoms with Crippen molar-refractivity contribution >= 4 is 130 Å². The van der Waals surface area contributed by atoms with Crippen LogP contribution >= 0.6 is 0 Å². The first kappa shape index (κ1) is 67.9. The number of amides is 4. The van der Waals surface area contributed by atoms with E-state index < -0.39 is 112 Å². The Morgan fingerprint density at radius 3 is 1.37 bits per heavy atom. The summed E-state index contributed by atoms with van der Waals surface area (Å²) in [5.41, 5.74) is 9.05. The zero-order valence-electron chi connectivity index (χ0n) is 43.0. The largest absolute Gasteiger partial charge is 1.00 e. The zero-order chi connectivity index (χ0) is 56.2. The average molecular weight is 1190 g/mol. The van der Waals surface area contributed by atoms with Crippen molar-refractivity contribution in [3.05, 3.63) is 145 Å². The number of benzene rings is 6. The molecule has 6 aromatic carbocycles. The van der Waals surface area contributed by atoms with Gasteiger partial charge < -0.3 is 56.9 Å². The fraction of sp³-hybridized carbons (Fsp3) is 0.0426. The Morgan fingerprint density at radius 1 is 0.549 bits per heavy atom. The van der Waals surface area contributed by atoms with Crippen molar-refractivity contribution in [1.82, 2.24) is 0 Å². The summed E-state index contributed by atoms with van der Waals surface area (Å²) in [6.07, 6.45) is 0. The molecule has 8 N–H and O–H groups in total. The van der Waals surface area contributed by atoms with Crippen LogP contribution in [0.3, 0.4) is 0 Å². The Bertz CT molecular complexity index is 3910. The van der Waals surface area contributed by atoms with Crippen LogP contribution in [0.15, 0.2) is 179 Å². The van der Waals surface area contributed by atoms with Gasteiger partial charge in [-0.3, -0.25) is 23.7 Å². The molecular weight excluding hydrogens is 1160 g/mol. The minimum absolute atomic E-state index is 0. The first-order valence-corrected chi connectivity index (χ1v) is 24.7. The molecule has 2 aliphatic rings. The topological polar surface area (TPSA) is 464 Å². The Hall–Kier alpha value is -6.63. The van der Waals surface area contributed by atoms with Crippen molar-refractivity contribution < 1.29 is 188 Å². The van der Waals surface area contributed by atoms with Crippen molar-refractivity contribution in [2.45, 2.75) is 21.9 Å². The van der Waals surface area contributed by atoms with Crippen LogP contribution in [-0.2, 0) is 39.4 Å². The summed E-state index contributed by atoms with van der Waals surface area (Å²) in [4.78, 5) is 77.7. The Kier molecular flexibility index (Phi) is 23.7. The van der Waals surface area contributed by atoms with Gasteiger partial charge in [-0.05, 0) is 121 Å². The number of amidine groups is 1. The number of carbonyl (C=O) groups excluding carboxylic acids is 6. The molecule has 0 radical (unpaired) electrons. The van der Waals surface area contributed by atoms with Crippen molar-refractivity contribution in [3.63, 3.8) is 0 Å². The number of rotatable bonds is 16. The van der Waals surface area contributed by atoms with E-state index in [-0.39, 0.29) is 169 Å². The van der Waals surface area contributed by atoms with Crippen LogP contribution in [0.25, 0.3) is 0 Å². The van der Waals surface area contributed by atoms with E-state index in [2.05, 4.69) is 51.6 Å². The molecule has 82 heavy (non-hydrogen) atoms. The van der Waals surface area contributed by atoms with Crippen molar-refractivity contribution in [2.75, 3.05) is 37.4 Å². The summed E-state index contributed by atoms with van der Waals surface area (Å²) in [6, 6.07) is 22.5. The quantitative estimate of drug-likeness (QED) is 0.0131. The first-order chi connectivity index (χ1) is 36.9. The standard InChI is InChI=1S/C47H36N14O15S2.4Na/c48-25-3-1-5-31(19-25)60-43(64)37(39(58-60)45(66)67)56-54-27-11-7-23(8-12-27)41(62)52-33-17-15-29(21-35(33)77(71,72)73)50-47(70)51-30-16-18-34(36(22-30)78(74,75)76)53-42(63)24-9-13-28(14-10-24)55-57-38-40(46(68)69)59-61(44(38)65)32-6-2-4-26(49)20-32;;;;/h1-22,37-38H,48-49H2,(H,52,62)(H,53,63)(H,66,67)(H,68,69)(H2,50,51,70)(H,71,72,73)(H,74,75,76);;;;/q;4*+1/p-4. The number of nitrogen functional groups attached to an aromatic ring is 2. The predicted octanol–water partition coefficient (Wildman–Crippen LogP) is -10.8. The number of hydrogen-bond donors (Lipinski definition) is 6. The molecule has 396 valence electrons. The molecule has 6 aromatic rings. The van der Waals surface area contributed by atoms with Crippen molar-refractivity contribution in [3.8, 4) is 0 Å². The molecule has 0 fully saturated rings. The molecule has 8 rings (SSSR count). The van der Waals surface area contributed by atoms with Gasteiger partial charge in [-0.15, -0.1) is 0 Å². The molecule has 0 saturated heterocycles. The smallest absolute Gasteiger partial charge is 0.846 e. The van der Waals surface area contributed by atoms with E-state index in [1.54, 1.807) is 0 Å². The molecule has 0 aromatic heterocycles. The Morgan fingerprint density at radius 2 is 0.963 bits per heavy atom. The van der Waals surface area contributed by atoms with Gasteiger partial charge in [-0.2, -0.15) is 49.1 Å². The molecule has 2 heterocycles. The Labute approximate surface area is 551 Å². The van der Waals surface area contributed by atoms with Crippen LogP contribution in [-0.4, -0.2) is 91.0 Å². The van der Waals surface area contributed by atoms with Crippen LogP contribution in [0.2, 0.25) is 0 Å². The summed E-state index contributed by atoms with van der Waals surface area (Å²) in [7, 11) is -10.5. The number of nitrogens with zero attached hydrogens (tertiary/aromatic N) is 9. The van der Waals surface area contributed by atoms with E-state index >= 15 is 0 Å². The average Bonchev–Trinajstić information content (AvgIpc) is 4.06. The van der Waals surface area contributed by atoms with Crippen LogP contribution < -0.4 is 171 Å². The second-order valence-corrected chi connectivity index (χ2v) is 18.9. The molecule has 4 amide bonds. The van der Waals surface area contributed by atoms with E-state index in [1.165, 1.54) is 97.1 Å². The van der Waals surface area contributed by atoms with Gasteiger partial charge in [0.2, 0.25) is 0 Å². The molecule has 35 heteroatoms. The van der Waals surface area contributed by atoms with Crippen LogP contribution in [0, 0.1) is 0 Å². The predicted molar refractivity (Wildman–Crippen MR) is 268 cm³/mol. The van der Waals surface area contributed by atoms with Crippen molar-refractivity contribution in [1.29, 1.82) is 0 Å². The third-order valence-electron chi connectivity index (χ3n) is 10.8. The molecule has 2 atom stereocenters. The summed E-state index contributed by atoms with van der Waals surface area (Å²) in [6.45, 7) is 0. The molecule has 0 saturated carbocycles. The number of aliphatic imine (C=N–C) groups is 1. The maximum Gasteiger partial charge on any atom is 1.00 e. The third kappa shape index (κ3) is 16.3. The molecule has 2 aliphatic heterocycles. The maximum atomic E-state index is 13.2. The van der Waals surface area contributed by atoms with E-state index in [4.69, 9.17) is 11.5 Å². The van der Waals surface area contributed by atoms with Gasteiger partial charge in [-0.1, -0.05) is 12.1 Å². The second kappa shape index (κ2) is 28.6. The number of azo groups is 2. The number of hydrazone groups is 2. The zero-order valence-corrected chi connectivity index (χ0v) is 52.6. The number of aliphatic carboxylic acids is 2. The minimum atomic E-state index is -5.38. The van der Waals surface area contributed by atoms with Gasteiger partial charge >= 0.3 is 118 Å². The molecule has 2 unspecified atom stereocenters. The number of anilines is 7. The molecule has 0 spiro atoms. The number of carbonyl (C=O) groups is 6.